The summed E-state index contributed by atoms with van der Waals surface area (Å²) in [5.41, 5.74) is -5.30. The molecule has 0 unspecified atom stereocenters. The molecule has 0 aromatic carbocycles. The van der Waals surface area contributed by atoms with Crippen LogP contribution in [0.2, 0.25) is 0 Å². The Kier molecular flexibility index (Phi) is 2.40. The first-order chi connectivity index (χ1) is 6.43. The van der Waals surface area contributed by atoms with Crippen molar-refractivity contribution in [3.8, 4) is 0 Å². The second kappa shape index (κ2) is 3.36. The molecular weight excluding hydrogens is 204 g/mol. The SMILES string of the molecule is O=c1[nH]c(C(F)F)c([N+](=O)[O-])c(=O)[nH]1. The van der Waals surface area contributed by atoms with Crippen molar-refractivity contribution in [1.82, 2.24) is 9.97 Å². The van der Waals surface area contributed by atoms with E-state index in [2.05, 4.69) is 0 Å². The van der Waals surface area contributed by atoms with E-state index in [9.17, 15) is 28.5 Å². The third-order valence-corrected chi connectivity index (χ3v) is 1.35. The molecule has 0 atom stereocenters. The molecule has 0 fully saturated rings. The molecular formula is C5H3F2N3O4. The van der Waals surface area contributed by atoms with Crippen LogP contribution in [0.25, 0.3) is 0 Å². The molecule has 0 bridgehead atoms. The third kappa shape index (κ3) is 1.65. The summed E-state index contributed by atoms with van der Waals surface area (Å²) in [4.78, 5) is 33.2. The second-order valence-corrected chi connectivity index (χ2v) is 2.23. The highest BCUT2D eigenvalue weighted by molar-refractivity contribution is 5.32. The predicted molar refractivity (Wildman–Crippen MR) is 39.3 cm³/mol. The van der Waals surface area contributed by atoms with Gasteiger partial charge in [0.05, 0.1) is 4.92 Å². The zero-order valence-electron chi connectivity index (χ0n) is 6.41. The fourth-order valence-corrected chi connectivity index (χ4v) is 0.837. The van der Waals surface area contributed by atoms with Crippen LogP contribution >= 0.6 is 0 Å². The van der Waals surface area contributed by atoms with Gasteiger partial charge in [0.2, 0.25) is 0 Å². The van der Waals surface area contributed by atoms with E-state index in [0.29, 0.717) is 0 Å². The van der Waals surface area contributed by atoms with Crippen LogP contribution in [-0.4, -0.2) is 14.9 Å². The summed E-state index contributed by atoms with van der Waals surface area (Å²) < 4.78 is 24.2. The number of halogens is 2. The van der Waals surface area contributed by atoms with Gasteiger partial charge in [0.1, 0.15) is 0 Å². The largest absolute Gasteiger partial charge is 0.359 e. The number of hydrogen-bond acceptors (Lipinski definition) is 4. The van der Waals surface area contributed by atoms with E-state index in [-0.39, 0.29) is 0 Å². The molecule has 1 heterocycles. The molecule has 0 aliphatic carbocycles. The van der Waals surface area contributed by atoms with E-state index in [4.69, 9.17) is 0 Å². The molecule has 0 radical (unpaired) electrons. The highest BCUT2D eigenvalue weighted by Crippen LogP contribution is 2.21. The maximum absolute atomic E-state index is 12.1. The molecule has 0 saturated heterocycles. The van der Waals surface area contributed by atoms with Gasteiger partial charge >= 0.3 is 16.9 Å². The molecule has 0 spiro atoms. The monoisotopic (exact) mass is 207 g/mol. The van der Waals surface area contributed by atoms with Gasteiger partial charge < -0.3 is 4.98 Å². The summed E-state index contributed by atoms with van der Waals surface area (Å²) in [5.74, 6) is 0. The summed E-state index contributed by atoms with van der Waals surface area (Å²) in [6.07, 6.45) is -3.29. The first kappa shape index (κ1) is 10.0. The maximum atomic E-state index is 12.1. The summed E-state index contributed by atoms with van der Waals surface area (Å²) in [5, 5.41) is 10.2. The van der Waals surface area contributed by atoms with Gasteiger partial charge in [0.25, 0.3) is 6.43 Å². The number of nitrogens with zero attached hydrogens (tertiary/aromatic N) is 1. The average molecular weight is 207 g/mol. The molecule has 0 amide bonds. The van der Waals surface area contributed by atoms with Crippen molar-refractivity contribution in [1.29, 1.82) is 0 Å². The average Bonchev–Trinajstić information content (AvgIpc) is 2.01. The number of nitrogens with one attached hydrogen (secondary N) is 2. The molecule has 0 aliphatic heterocycles. The van der Waals surface area contributed by atoms with Crippen LogP contribution in [-0.2, 0) is 0 Å². The zero-order valence-corrected chi connectivity index (χ0v) is 6.41. The summed E-state index contributed by atoms with van der Waals surface area (Å²) >= 11 is 0. The van der Waals surface area contributed by atoms with Crippen molar-refractivity contribution in [3.05, 3.63) is 36.6 Å². The standard InChI is InChI=1S/C5H3F2N3O4/c6-3(7)1-2(10(13)14)4(11)9-5(12)8-1/h3H,(H2,8,9,11,12). The Labute approximate surface area is 73.5 Å². The first-order valence-corrected chi connectivity index (χ1v) is 3.22. The van der Waals surface area contributed by atoms with Gasteiger partial charge in [-0.25, -0.2) is 13.6 Å². The topological polar surface area (TPSA) is 109 Å². The lowest BCUT2D eigenvalue weighted by atomic mass is 10.3. The number of aromatic amines is 2. The minimum Gasteiger partial charge on any atom is -0.300 e. The van der Waals surface area contributed by atoms with Crippen molar-refractivity contribution in [3.63, 3.8) is 0 Å². The van der Waals surface area contributed by atoms with Crippen LogP contribution in [0.3, 0.4) is 0 Å². The number of alkyl halides is 2. The number of hydrogen-bond donors (Lipinski definition) is 2. The minimum atomic E-state index is -3.29. The number of aromatic nitrogens is 2. The van der Waals surface area contributed by atoms with Gasteiger partial charge in [-0.3, -0.25) is 19.9 Å². The molecule has 1 rings (SSSR count). The fraction of sp³-hybridized carbons (Fsp3) is 0.200. The molecule has 14 heavy (non-hydrogen) atoms. The van der Waals surface area contributed by atoms with E-state index in [0.717, 1.165) is 0 Å². The minimum absolute atomic E-state index is 1.21. The Morgan fingerprint density at radius 2 is 1.86 bits per heavy atom. The van der Waals surface area contributed by atoms with Gasteiger partial charge in [-0.15, -0.1) is 0 Å². The van der Waals surface area contributed by atoms with E-state index in [1.54, 1.807) is 0 Å². The van der Waals surface area contributed by atoms with Crippen molar-refractivity contribution >= 4 is 5.69 Å². The predicted octanol–water partition coefficient (Wildman–Crippen LogP) is -0.0910. The number of rotatable bonds is 2. The number of H-pyrrole nitrogens is 2. The van der Waals surface area contributed by atoms with Gasteiger partial charge in [0, 0.05) is 0 Å². The summed E-state index contributed by atoms with van der Waals surface area (Å²) in [6, 6.07) is 0. The molecule has 0 saturated carbocycles. The van der Waals surface area contributed by atoms with Gasteiger partial charge in [0.15, 0.2) is 5.69 Å². The van der Waals surface area contributed by atoms with E-state index in [1.807, 2.05) is 0 Å². The van der Waals surface area contributed by atoms with Crippen LogP contribution < -0.4 is 11.2 Å². The lowest BCUT2D eigenvalue weighted by molar-refractivity contribution is -0.388. The molecule has 1 aromatic rings. The van der Waals surface area contributed by atoms with Crippen LogP contribution in [0.4, 0.5) is 14.5 Å². The van der Waals surface area contributed by atoms with Crippen molar-refractivity contribution in [2.24, 2.45) is 0 Å². The van der Waals surface area contributed by atoms with Crippen molar-refractivity contribution in [2.45, 2.75) is 6.43 Å². The molecule has 7 nitrogen and oxygen atoms in total. The lowest BCUT2D eigenvalue weighted by Gasteiger charge is -1.98. The fourth-order valence-electron chi connectivity index (χ4n) is 0.837. The molecule has 76 valence electrons. The Hall–Kier alpha value is -2.06. The molecule has 9 heteroatoms. The van der Waals surface area contributed by atoms with Crippen molar-refractivity contribution in [2.75, 3.05) is 0 Å². The van der Waals surface area contributed by atoms with Crippen LogP contribution in [0, 0.1) is 10.1 Å². The Balaban J connectivity index is 3.61. The smallest absolute Gasteiger partial charge is 0.300 e. The van der Waals surface area contributed by atoms with Gasteiger partial charge in [-0.2, -0.15) is 0 Å². The second-order valence-electron chi connectivity index (χ2n) is 2.23. The van der Waals surface area contributed by atoms with Gasteiger partial charge in [-0.05, 0) is 0 Å². The van der Waals surface area contributed by atoms with Crippen molar-refractivity contribution < 1.29 is 13.7 Å². The molecule has 1 aromatic heterocycles. The number of nitro groups is 1. The summed E-state index contributed by atoms with van der Waals surface area (Å²) in [7, 11) is 0. The van der Waals surface area contributed by atoms with Crippen LogP contribution in [0.1, 0.15) is 12.1 Å². The third-order valence-electron chi connectivity index (χ3n) is 1.35. The van der Waals surface area contributed by atoms with Crippen LogP contribution in [0.15, 0.2) is 9.59 Å². The lowest BCUT2D eigenvalue weighted by Crippen LogP contribution is -2.26. The Morgan fingerprint density at radius 3 is 2.29 bits per heavy atom. The Bertz CT molecular complexity index is 477. The molecule has 0 aliphatic rings. The van der Waals surface area contributed by atoms with Crippen LogP contribution in [0.5, 0.6) is 0 Å². The normalized spacial score (nSPS) is 10.5. The first-order valence-electron chi connectivity index (χ1n) is 3.22. The van der Waals surface area contributed by atoms with Gasteiger partial charge in [-0.1, -0.05) is 0 Å². The quantitative estimate of drug-likeness (QED) is 0.521. The van der Waals surface area contributed by atoms with E-state index in [1.165, 1.54) is 9.97 Å². The van der Waals surface area contributed by atoms with E-state index < -0.39 is 34.0 Å². The maximum Gasteiger partial charge on any atom is 0.359 e. The highest BCUT2D eigenvalue weighted by atomic mass is 19.3. The summed E-state index contributed by atoms with van der Waals surface area (Å²) in [6.45, 7) is 0. The molecule has 2 N–H and O–H groups in total. The zero-order chi connectivity index (χ0) is 10.9. The Morgan fingerprint density at radius 1 is 1.29 bits per heavy atom. The highest BCUT2D eigenvalue weighted by Gasteiger charge is 2.26. The van der Waals surface area contributed by atoms with E-state index >= 15 is 0 Å².